The molecule has 15 heavy (non-hydrogen) atoms. The second-order valence-electron chi connectivity index (χ2n) is 4.06. The van der Waals surface area contributed by atoms with Gasteiger partial charge in [-0.2, -0.15) is 0 Å². The molecule has 2 amide bonds. The maximum absolute atomic E-state index is 11.9. The number of nitrogens with two attached hydrogens (primary N) is 1. The second kappa shape index (κ2) is 4.61. The topological polar surface area (TPSA) is 84.2 Å². The molecule has 5 nitrogen and oxygen atoms in total. The number of amides is 2. The summed E-state index contributed by atoms with van der Waals surface area (Å²) in [6.07, 6.45) is 2.54. The van der Waals surface area contributed by atoms with E-state index in [9.17, 15) is 9.59 Å². The summed E-state index contributed by atoms with van der Waals surface area (Å²) in [4.78, 5) is 22.8. The summed E-state index contributed by atoms with van der Waals surface area (Å²) >= 11 is 0. The predicted octanol–water partition coefficient (Wildman–Crippen LogP) is -0.491. The zero-order valence-corrected chi connectivity index (χ0v) is 9.30. The van der Waals surface area contributed by atoms with Crippen LogP contribution in [0, 0.1) is 0 Å². The summed E-state index contributed by atoms with van der Waals surface area (Å²) < 4.78 is 0. The fraction of sp³-hybridized carbons (Fsp3) is 0.800. The van der Waals surface area contributed by atoms with E-state index in [1.807, 2.05) is 6.92 Å². The van der Waals surface area contributed by atoms with Crippen LogP contribution in [-0.4, -0.2) is 29.9 Å². The molecule has 0 aromatic heterocycles. The van der Waals surface area contributed by atoms with Crippen molar-refractivity contribution in [2.45, 2.75) is 44.7 Å². The molecule has 5 heteroatoms. The average Bonchev–Trinajstić information content (AvgIpc) is 2.66. The summed E-state index contributed by atoms with van der Waals surface area (Å²) in [5, 5.41) is 5.84. The highest BCUT2D eigenvalue weighted by Crippen LogP contribution is 2.23. The van der Waals surface area contributed by atoms with Gasteiger partial charge in [0, 0.05) is 0 Å². The van der Waals surface area contributed by atoms with Crippen LogP contribution < -0.4 is 16.4 Å². The van der Waals surface area contributed by atoms with Crippen molar-refractivity contribution in [3.63, 3.8) is 0 Å². The Morgan fingerprint density at radius 1 is 1.60 bits per heavy atom. The van der Waals surface area contributed by atoms with Gasteiger partial charge in [-0.25, -0.2) is 0 Å². The highest BCUT2D eigenvalue weighted by Gasteiger charge is 2.39. The molecule has 0 radical (unpaired) electrons. The number of hydrogen-bond donors (Lipinski definition) is 3. The van der Waals surface area contributed by atoms with E-state index in [0.717, 1.165) is 25.8 Å². The van der Waals surface area contributed by atoms with E-state index in [2.05, 4.69) is 10.6 Å². The number of nitrogens with one attached hydrogen (secondary N) is 2. The molecule has 0 spiro atoms. The molecule has 1 fully saturated rings. The minimum atomic E-state index is -0.608. The SMILES string of the molecule is CCC1(C(=O)NC(C)C(N)=O)CCCN1. The van der Waals surface area contributed by atoms with Crippen molar-refractivity contribution < 1.29 is 9.59 Å². The van der Waals surface area contributed by atoms with E-state index in [4.69, 9.17) is 5.73 Å². The molecule has 86 valence electrons. The van der Waals surface area contributed by atoms with Gasteiger partial charge in [0.05, 0.1) is 5.54 Å². The Kier molecular flexibility index (Phi) is 3.68. The van der Waals surface area contributed by atoms with Crippen molar-refractivity contribution >= 4 is 11.8 Å². The van der Waals surface area contributed by atoms with Crippen LogP contribution in [0.1, 0.15) is 33.1 Å². The van der Waals surface area contributed by atoms with E-state index >= 15 is 0 Å². The van der Waals surface area contributed by atoms with E-state index < -0.39 is 17.5 Å². The summed E-state index contributed by atoms with van der Waals surface area (Å²) in [6.45, 7) is 4.41. The van der Waals surface area contributed by atoms with Crippen LogP contribution in [0.15, 0.2) is 0 Å². The maximum Gasteiger partial charge on any atom is 0.240 e. The maximum atomic E-state index is 11.9. The van der Waals surface area contributed by atoms with Gasteiger partial charge in [0.1, 0.15) is 6.04 Å². The van der Waals surface area contributed by atoms with Crippen molar-refractivity contribution in [3.8, 4) is 0 Å². The Morgan fingerprint density at radius 3 is 2.67 bits per heavy atom. The van der Waals surface area contributed by atoms with Gasteiger partial charge >= 0.3 is 0 Å². The Hall–Kier alpha value is -1.10. The normalized spacial score (nSPS) is 27.3. The van der Waals surface area contributed by atoms with Gasteiger partial charge in [0.25, 0.3) is 0 Å². The third-order valence-corrected chi connectivity index (χ3v) is 3.06. The molecular formula is C10H19N3O2. The Labute approximate surface area is 89.8 Å². The molecule has 0 aliphatic carbocycles. The summed E-state index contributed by atoms with van der Waals surface area (Å²) in [6, 6.07) is -0.608. The zero-order valence-electron chi connectivity index (χ0n) is 9.30. The summed E-state index contributed by atoms with van der Waals surface area (Å²) in [5.41, 5.74) is 4.60. The van der Waals surface area contributed by atoms with Crippen LogP contribution in [-0.2, 0) is 9.59 Å². The van der Waals surface area contributed by atoms with E-state index in [-0.39, 0.29) is 5.91 Å². The van der Waals surface area contributed by atoms with Crippen molar-refractivity contribution in [2.24, 2.45) is 5.73 Å². The molecule has 1 heterocycles. The lowest BCUT2D eigenvalue weighted by Crippen LogP contribution is -2.56. The van der Waals surface area contributed by atoms with Crippen molar-refractivity contribution in [2.75, 3.05) is 6.54 Å². The van der Waals surface area contributed by atoms with Gasteiger partial charge in [-0.05, 0) is 32.7 Å². The van der Waals surface area contributed by atoms with E-state index in [1.54, 1.807) is 6.92 Å². The number of primary amides is 1. The molecule has 2 unspecified atom stereocenters. The predicted molar refractivity (Wildman–Crippen MR) is 57.1 cm³/mol. The first kappa shape index (κ1) is 12.0. The van der Waals surface area contributed by atoms with Crippen LogP contribution in [0.5, 0.6) is 0 Å². The third-order valence-electron chi connectivity index (χ3n) is 3.06. The number of hydrogen-bond acceptors (Lipinski definition) is 3. The summed E-state index contributed by atoms with van der Waals surface area (Å²) in [5.74, 6) is -0.624. The first-order chi connectivity index (χ1) is 7.02. The molecule has 1 aliphatic rings. The minimum absolute atomic E-state index is 0.117. The van der Waals surface area contributed by atoms with Gasteiger partial charge in [-0.15, -0.1) is 0 Å². The van der Waals surface area contributed by atoms with Gasteiger partial charge in [-0.1, -0.05) is 6.92 Å². The minimum Gasteiger partial charge on any atom is -0.368 e. The van der Waals surface area contributed by atoms with Gasteiger partial charge < -0.3 is 16.4 Å². The fourth-order valence-electron chi connectivity index (χ4n) is 1.87. The lowest BCUT2D eigenvalue weighted by molar-refractivity contribution is -0.131. The largest absolute Gasteiger partial charge is 0.368 e. The van der Waals surface area contributed by atoms with Gasteiger partial charge in [-0.3, -0.25) is 9.59 Å². The van der Waals surface area contributed by atoms with Crippen LogP contribution in [0.4, 0.5) is 0 Å². The molecule has 1 saturated heterocycles. The highest BCUT2D eigenvalue weighted by molar-refractivity contribution is 5.91. The molecule has 2 atom stereocenters. The van der Waals surface area contributed by atoms with Crippen LogP contribution in [0.3, 0.4) is 0 Å². The number of carbonyl (C=O) groups excluding carboxylic acids is 2. The lowest BCUT2D eigenvalue weighted by atomic mass is 9.93. The quantitative estimate of drug-likeness (QED) is 0.589. The lowest BCUT2D eigenvalue weighted by Gasteiger charge is -2.27. The smallest absolute Gasteiger partial charge is 0.240 e. The Bertz CT molecular complexity index is 259. The highest BCUT2D eigenvalue weighted by atomic mass is 16.2. The first-order valence-electron chi connectivity index (χ1n) is 5.37. The molecule has 1 aliphatic heterocycles. The van der Waals surface area contributed by atoms with Crippen molar-refractivity contribution in [1.29, 1.82) is 0 Å². The first-order valence-corrected chi connectivity index (χ1v) is 5.37. The third kappa shape index (κ3) is 2.47. The summed E-state index contributed by atoms with van der Waals surface area (Å²) in [7, 11) is 0. The Morgan fingerprint density at radius 2 is 2.27 bits per heavy atom. The molecule has 4 N–H and O–H groups in total. The second-order valence-corrected chi connectivity index (χ2v) is 4.06. The molecule has 0 aromatic carbocycles. The van der Waals surface area contributed by atoms with Crippen LogP contribution in [0.25, 0.3) is 0 Å². The molecule has 0 aromatic rings. The zero-order chi connectivity index (χ0) is 11.5. The Balaban J connectivity index is 2.62. The van der Waals surface area contributed by atoms with Gasteiger partial charge in [0.2, 0.25) is 11.8 Å². The van der Waals surface area contributed by atoms with E-state index in [0.29, 0.717) is 0 Å². The molecule has 0 saturated carbocycles. The fourth-order valence-corrected chi connectivity index (χ4v) is 1.87. The number of rotatable bonds is 4. The van der Waals surface area contributed by atoms with Crippen molar-refractivity contribution in [1.82, 2.24) is 10.6 Å². The van der Waals surface area contributed by atoms with Crippen LogP contribution in [0.2, 0.25) is 0 Å². The molecule has 0 bridgehead atoms. The monoisotopic (exact) mass is 213 g/mol. The number of carbonyl (C=O) groups is 2. The van der Waals surface area contributed by atoms with Gasteiger partial charge in [0.15, 0.2) is 0 Å². The average molecular weight is 213 g/mol. The van der Waals surface area contributed by atoms with Crippen LogP contribution >= 0.6 is 0 Å². The molecular weight excluding hydrogens is 194 g/mol. The van der Waals surface area contributed by atoms with Crippen molar-refractivity contribution in [3.05, 3.63) is 0 Å². The molecule has 1 rings (SSSR count). The van der Waals surface area contributed by atoms with E-state index in [1.165, 1.54) is 0 Å². The standard InChI is InChI=1S/C10H19N3O2/c1-3-10(5-4-6-12-10)9(15)13-7(2)8(11)14/h7,12H,3-6H2,1-2H3,(H2,11,14)(H,13,15).